The summed E-state index contributed by atoms with van der Waals surface area (Å²) in [6.45, 7) is 2.93. The Balaban J connectivity index is 1.83. The van der Waals surface area contributed by atoms with Gasteiger partial charge in [0.25, 0.3) is 0 Å². The van der Waals surface area contributed by atoms with E-state index in [0.29, 0.717) is 35.5 Å². The van der Waals surface area contributed by atoms with Crippen molar-refractivity contribution in [1.29, 1.82) is 0 Å². The number of nitrogens with zero attached hydrogens (tertiary/aromatic N) is 2. The molecule has 24 heavy (non-hydrogen) atoms. The third kappa shape index (κ3) is 3.43. The van der Waals surface area contributed by atoms with Crippen molar-refractivity contribution in [2.75, 3.05) is 13.2 Å². The van der Waals surface area contributed by atoms with Gasteiger partial charge in [-0.1, -0.05) is 0 Å². The number of hydrogen-bond acceptors (Lipinski definition) is 4. The van der Waals surface area contributed by atoms with Gasteiger partial charge in [0.1, 0.15) is 18.2 Å². The highest BCUT2D eigenvalue weighted by Crippen LogP contribution is 2.33. The van der Waals surface area contributed by atoms with E-state index >= 15 is 0 Å². The molecule has 1 aromatic carbocycles. The molecule has 0 radical (unpaired) electrons. The molecule has 3 rings (SSSR count). The lowest BCUT2D eigenvalue weighted by Crippen LogP contribution is -2.33. The molecule has 2 N–H and O–H groups in total. The fourth-order valence-electron chi connectivity index (χ4n) is 2.64. The quantitative estimate of drug-likeness (QED) is 0.832. The van der Waals surface area contributed by atoms with Crippen LogP contribution < -0.4 is 4.74 Å². The van der Waals surface area contributed by atoms with Crippen LogP contribution in [0.25, 0.3) is 0 Å². The summed E-state index contributed by atoms with van der Waals surface area (Å²) in [5.41, 5.74) is 1.58. The molecule has 0 unspecified atom stereocenters. The highest BCUT2D eigenvalue weighted by molar-refractivity contribution is 9.10. The maximum atomic E-state index is 12.5. The molecule has 2 heterocycles. The molecule has 7 nitrogen and oxygen atoms in total. The van der Waals surface area contributed by atoms with Gasteiger partial charge in [-0.05, 0) is 35.0 Å². The average molecular weight is 394 g/mol. The molecular formula is C16H16BrN3O4. The summed E-state index contributed by atoms with van der Waals surface area (Å²) in [5.74, 6) is 0.269. The van der Waals surface area contributed by atoms with E-state index in [9.17, 15) is 14.7 Å². The maximum absolute atomic E-state index is 12.5. The molecule has 0 spiro atoms. The van der Waals surface area contributed by atoms with Crippen LogP contribution in [0.5, 0.6) is 5.75 Å². The summed E-state index contributed by atoms with van der Waals surface area (Å²) in [6.07, 6.45) is 1.87. The molecule has 0 atom stereocenters. The lowest BCUT2D eigenvalue weighted by atomic mass is 10.1. The molecule has 1 aliphatic heterocycles. The molecule has 2 aromatic rings. The zero-order valence-corrected chi connectivity index (χ0v) is 14.6. The van der Waals surface area contributed by atoms with Gasteiger partial charge in [-0.3, -0.25) is 4.79 Å². The van der Waals surface area contributed by atoms with Gasteiger partial charge in [0.2, 0.25) is 5.91 Å². The van der Waals surface area contributed by atoms with E-state index in [1.54, 1.807) is 17.2 Å². The van der Waals surface area contributed by atoms with Crippen molar-refractivity contribution in [2.45, 2.75) is 19.9 Å². The van der Waals surface area contributed by atoms with Crippen molar-refractivity contribution >= 4 is 27.8 Å². The van der Waals surface area contributed by atoms with Crippen molar-refractivity contribution in [1.82, 2.24) is 14.9 Å². The molecule has 0 saturated carbocycles. The van der Waals surface area contributed by atoms with E-state index in [4.69, 9.17) is 4.74 Å². The fourth-order valence-corrected chi connectivity index (χ4v) is 3.26. The first-order valence-corrected chi connectivity index (χ1v) is 8.20. The van der Waals surface area contributed by atoms with Crippen molar-refractivity contribution < 1.29 is 19.4 Å². The van der Waals surface area contributed by atoms with Crippen LogP contribution in [0, 0.1) is 6.92 Å². The summed E-state index contributed by atoms with van der Waals surface area (Å²) in [5, 5.41) is 9.20. The second kappa shape index (κ2) is 6.64. The third-order valence-corrected chi connectivity index (χ3v) is 4.38. The first-order valence-electron chi connectivity index (χ1n) is 7.41. The van der Waals surface area contributed by atoms with Crippen molar-refractivity contribution in [3.8, 4) is 5.75 Å². The summed E-state index contributed by atoms with van der Waals surface area (Å²) in [4.78, 5) is 32.6. The van der Waals surface area contributed by atoms with Gasteiger partial charge in [-0.25, -0.2) is 9.78 Å². The minimum absolute atomic E-state index is 0.0630. The monoisotopic (exact) mass is 393 g/mol. The Morgan fingerprint density at radius 3 is 2.92 bits per heavy atom. The Morgan fingerprint density at radius 2 is 2.25 bits per heavy atom. The number of aromatic nitrogens is 2. The van der Waals surface area contributed by atoms with Gasteiger partial charge >= 0.3 is 5.97 Å². The van der Waals surface area contributed by atoms with Gasteiger partial charge < -0.3 is 19.7 Å². The number of carbonyl (C=O) groups is 2. The van der Waals surface area contributed by atoms with Gasteiger partial charge in [0, 0.05) is 24.0 Å². The summed E-state index contributed by atoms with van der Waals surface area (Å²) in [7, 11) is 0. The number of halogens is 1. The number of benzene rings is 1. The van der Waals surface area contributed by atoms with Crippen LogP contribution in [0.1, 0.15) is 27.4 Å². The molecule has 0 saturated heterocycles. The number of rotatable bonds is 3. The highest BCUT2D eigenvalue weighted by atomic mass is 79.9. The summed E-state index contributed by atoms with van der Waals surface area (Å²) < 4.78 is 6.27. The minimum Gasteiger partial charge on any atom is -0.490 e. The maximum Gasteiger partial charge on any atom is 0.335 e. The Morgan fingerprint density at radius 1 is 1.46 bits per heavy atom. The number of imidazole rings is 1. The number of H-pyrrole nitrogens is 1. The number of nitrogens with one attached hydrogen (secondary N) is 1. The van der Waals surface area contributed by atoms with Crippen molar-refractivity contribution in [3.63, 3.8) is 0 Å². The summed E-state index contributed by atoms with van der Waals surface area (Å²) >= 11 is 3.34. The van der Waals surface area contributed by atoms with E-state index in [0.717, 1.165) is 11.5 Å². The molecule has 1 aliphatic rings. The number of aromatic carboxylic acids is 1. The van der Waals surface area contributed by atoms with Crippen LogP contribution in [0.15, 0.2) is 22.8 Å². The fraction of sp³-hybridized carbons (Fsp3) is 0.312. The molecule has 0 fully saturated rings. The molecule has 0 aliphatic carbocycles. The first kappa shape index (κ1) is 16.5. The van der Waals surface area contributed by atoms with Gasteiger partial charge in [-0.15, -0.1) is 0 Å². The molecule has 8 heteroatoms. The van der Waals surface area contributed by atoms with Crippen LogP contribution in [0.2, 0.25) is 0 Å². The predicted octanol–water partition coefficient (Wildman–Crippen LogP) is 2.14. The molecule has 1 aromatic heterocycles. The Hall–Kier alpha value is -2.35. The number of hydrogen-bond donors (Lipinski definition) is 2. The average Bonchev–Trinajstić information content (AvgIpc) is 2.81. The van der Waals surface area contributed by atoms with Gasteiger partial charge in [0.15, 0.2) is 0 Å². The van der Waals surface area contributed by atoms with Crippen LogP contribution in [-0.4, -0.2) is 45.0 Å². The number of carboxylic acids is 1. The van der Waals surface area contributed by atoms with Crippen LogP contribution in [-0.2, 0) is 17.8 Å². The van der Waals surface area contributed by atoms with E-state index in [1.165, 1.54) is 6.07 Å². The molecular weight excluding hydrogens is 378 g/mol. The Labute approximate surface area is 146 Å². The zero-order valence-electron chi connectivity index (χ0n) is 13.0. The van der Waals surface area contributed by atoms with Crippen LogP contribution in [0.4, 0.5) is 0 Å². The van der Waals surface area contributed by atoms with E-state index in [2.05, 4.69) is 25.9 Å². The number of aromatic amines is 1. The number of carbonyl (C=O) groups excluding carboxylic acids is 1. The Bertz CT molecular complexity index is 803. The van der Waals surface area contributed by atoms with Crippen LogP contribution in [0.3, 0.4) is 0 Å². The number of amides is 1. The topological polar surface area (TPSA) is 95.5 Å². The zero-order chi connectivity index (χ0) is 17.3. The molecule has 0 bridgehead atoms. The van der Waals surface area contributed by atoms with E-state index in [-0.39, 0.29) is 17.9 Å². The van der Waals surface area contributed by atoms with Crippen molar-refractivity contribution in [3.05, 3.63) is 45.4 Å². The standard InChI is InChI=1S/C16H16BrN3O4/c1-9-18-7-12(19-9)6-14(21)20-2-3-24-15-11(8-20)4-10(16(22)23)5-13(15)17/h4-5,7H,2-3,6,8H2,1H3,(H,18,19)(H,22,23). The second-order valence-corrected chi connectivity index (χ2v) is 6.44. The minimum atomic E-state index is -1.02. The SMILES string of the molecule is Cc1ncc(CC(=O)N2CCOc3c(Br)cc(C(=O)O)cc3C2)[nH]1. The normalized spacial score (nSPS) is 13.8. The first-order chi connectivity index (χ1) is 11.4. The third-order valence-electron chi connectivity index (χ3n) is 3.79. The molecule has 1 amide bonds. The smallest absolute Gasteiger partial charge is 0.335 e. The summed E-state index contributed by atoms with van der Waals surface area (Å²) in [6, 6.07) is 3.06. The van der Waals surface area contributed by atoms with Gasteiger partial charge in [-0.2, -0.15) is 0 Å². The second-order valence-electron chi connectivity index (χ2n) is 5.59. The lowest BCUT2D eigenvalue weighted by molar-refractivity contribution is -0.131. The lowest BCUT2D eigenvalue weighted by Gasteiger charge is -2.19. The number of aryl methyl sites for hydroxylation is 1. The number of ether oxygens (including phenoxy) is 1. The highest BCUT2D eigenvalue weighted by Gasteiger charge is 2.23. The largest absolute Gasteiger partial charge is 0.490 e. The number of carboxylic acid groups (broad SMARTS) is 1. The molecule has 126 valence electrons. The predicted molar refractivity (Wildman–Crippen MR) is 89.0 cm³/mol. The number of fused-ring (bicyclic) bond motifs is 1. The van der Waals surface area contributed by atoms with Crippen molar-refractivity contribution in [2.24, 2.45) is 0 Å². The Kier molecular flexibility index (Phi) is 4.57. The van der Waals surface area contributed by atoms with E-state index in [1.807, 2.05) is 6.92 Å². The van der Waals surface area contributed by atoms with Gasteiger partial charge in [0.05, 0.1) is 23.0 Å². The van der Waals surface area contributed by atoms with Crippen LogP contribution >= 0.6 is 15.9 Å². The van der Waals surface area contributed by atoms with E-state index < -0.39 is 5.97 Å².